The van der Waals surface area contributed by atoms with Crippen LogP contribution in [0.15, 0.2) is 12.3 Å². The lowest BCUT2D eigenvalue weighted by Gasteiger charge is -2.29. The van der Waals surface area contributed by atoms with Gasteiger partial charge in [-0.3, -0.25) is 0 Å². The molecule has 1 saturated carbocycles. The molecule has 0 spiro atoms. The average molecular weight is 195 g/mol. The van der Waals surface area contributed by atoms with Crippen molar-refractivity contribution >= 4 is 5.69 Å². The zero-order valence-corrected chi connectivity index (χ0v) is 8.16. The van der Waals surface area contributed by atoms with Crippen LogP contribution in [-0.2, 0) is 0 Å². The normalized spacial score (nSPS) is 27.5. The highest BCUT2D eigenvalue weighted by atomic mass is 16.3. The Kier molecular flexibility index (Phi) is 2.63. The van der Waals surface area contributed by atoms with Crippen LogP contribution in [0.25, 0.3) is 0 Å². The highest BCUT2D eigenvalue weighted by Gasteiger charge is 2.21. The number of aromatic nitrogens is 1. The number of nitrogens with one attached hydrogen (secondary N) is 2. The van der Waals surface area contributed by atoms with Crippen molar-refractivity contribution in [2.24, 2.45) is 5.73 Å². The quantitative estimate of drug-likeness (QED) is 0.576. The van der Waals surface area contributed by atoms with Gasteiger partial charge in [-0.2, -0.15) is 0 Å². The summed E-state index contributed by atoms with van der Waals surface area (Å²) in [5.41, 5.74) is 6.92. The van der Waals surface area contributed by atoms with Gasteiger partial charge in [0, 0.05) is 24.3 Å². The van der Waals surface area contributed by atoms with Crippen LogP contribution in [0.4, 0.5) is 5.69 Å². The summed E-state index contributed by atoms with van der Waals surface area (Å²) in [6.45, 7) is 0. The number of rotatable bonds is 2. The molecule has 0 saturated heterocycles. The highest BCUT2D eigenvalue weighted by molar-refractivity contribution is 5.46. The summed E-state index contributed by atoms with van der Waals surface area (Å²) in [5.74, 6) is 0.192. The zero-order valence-electron chi connectivity index (χ0n) is 8.16. The van der Waals surface area contributed by atoms with E-state index in [1.807, 2.05) is 0 Å². The average Bonchev–Trinajstić information content (AvgIpc) is 2.56. The molecule has 78 valence electrons. The first kappa shape index (κ1) is 9.40. The first-order valence-corrected chi connectivity index (χ1v) is 5.15. The van der Waals surface area contributed by atoms with Crippen molar-refractivity contribution in [1.29, 1.82) is 0 Å². The molecular weight excluding hydrogens is 178 g/mol. The van der Waals surface area contributed by atoms with Gasteiger partial charge in [0.05, 0.1) is 5.69 Å². The van der Waals surface area contributed by atoms with Crippen LogP contribution in [0.2, 0.25) is 0 Å². The second-order valence-electron chi connectivity index (χ2n) is 3.97. The maximum atomic E-state index is 9.12. The van der Waals surface area contributed by atoms with E-state index in [1.54, 1.807) is 12.3 Å². The standard InChI is InChI=1S/C10H17N3O/c11-8-3-1-2-4-9(8)13-7-5-10(14)12-6-7/h5-6,8-9,12-14H,1-4,11H2/t8-,9-/m1/s1. The number of nitrogens with two attached hydrogens (primary N) is 1. The predicted octanol–water partition coefficient (Wildman–Crippen LogP) is 1.40. The largest absolute Gasteiger partial charge is 0.495 e. The van der Waals surface area contributed by atoms with Crippen molar-refractivity contribution in [3.63, 3.8) is 0 Å². The molecule has 2 atom stereocenters. The van der Waals surface area contributed by atoms with Gasteiger partial charge in [-0.05, 0) is 12.8 Å². The molecule has 2 rings (SSSR count). The summed E-state index contributed by atoms with van der Waals surface area (Å²) in [5, 5.41) is 12.5. The fourth-order valence-electron chi connectivity index (χ4n) is 2.02. The van der Waals surface area contributed by atoms with E-state index >= 15 is 0 Å². The topological polar surface area (TPSA) is 74.1 Å². The molecule has 0 unspecified atom stereocenters. The van der Waals surface area contributed by atoms with Crippen LogP contribution in [0.5, 0.6) is 5.88 Å². The SMILES string of the molecule is N[C@@H]1CCCC[C@H]1Nc1c[nH]c(O)c1. The molecule has 1 aromatic heterocycles. The first-order valence-electron chi connectivity index (χ1n) is 5.15. The third-order valence-corrected chi connectivity index (χ3v) is 2.84. The Balaban J connectivity index is 1.95. The van der Waals surface area contributed by atoms with Crippen LogP contribution in [0.1, 0.15) is 25.7 Å². The minimum atomic E-state index is 0.192. The third kappa shape index (κ3) is 2.01. The second kappa shape index (κ2) is 3.92. The van der Waals surface area contributed by atoms with Crippen LogP contribution in [0, 0.1) is 0 Å². The van der Waals surface area contributed by atoms with Crippen molar-refractivity contribution in [3.05, 3.63) is 12.3 Å². The number of H-pyrrole nitrogens is 1. The van der Waals surface area contributed by atoms with Crippen molar-refractivity contribution in [1.82, 2.24) is 4.98 Å². The predicted molar refractivity (Wildman–Crippen MR) is 56.3 cm³/mol. The summed E-state index contributed by atoms with van der Waals surface area (Å²) in [6, 6.07) is 2.26. The molecule has 4 nitrogen and oxygen atoms in total. The minimum absolute atomic E-state index is 0.192. The Morgan fingerprint density at radius 3 is 2.86 bits per heavy atom. The molecule has 1 aliphatic rings. The molecule has 1 aliphatic carbocycles. The van der Waals surface area contributed by atoms with E-state index in [2.05, 4.69) is 10.3 Å². The summed E-state index contributed by atoms with van der Waals surface area (Å²) >= 11 is 0. The van der Waals surface area contributed by atoms with Crippen LogP contribution in [-0.4, -0.2) is 22.2 Å². The summed E-state index contributed by atoms with van der Waals surface area (Å²) in [7, 11) is 0. The molecule has 5 N–H and O–H groups in total. The molecule has 1 fully saturated rings. The Bertz CT molecular complexity index is 297. The van der Waals surface area contributed by atoms with Crippen LogP contribution < -0.4 is 11.1 Å². The smallest absolute Gasteiger partial charge is 0.190 e. The Morgan fingerprint density at radius 1 is 1.43 bits per heavy atom. The van der Waals surface area contributed by atoms with E-state index in [0.29, 0.717) is 6.04 Å². The summed E-state index contributed by atoms with van der Waals surface area (Å²) < 4.78 is 0. The maximum Gasteiger partial charge on any atom is 0.190 e. The molecule has 1 heterocycles. The first-order chi connectivity index (χ1) is 6.75. The number of anilines is 1. The van der Waals surface area contributed by atoms with Crippen molar-refractivity contribution in [2.75, 3.05) is 5.32 Å². The molecule has 0 aromatic carbocycles. The van der Waals surface area contributed by atoms with E-state index in [1.165, 1.54) is 12.8 Å². The van der Waals surface area contributed by atoms with Crippen molar-refractivity contribution in [3.8, 4) is 5.88 Å². The van der Waals surface area contributed by atoms with Crippen LogP contribution >= 0.6 is 0 Å². The van der Waals surface area contributed by atoms with Gasteiger partial charge >= 0.3 is 0 Å². The summed E-state index contributed by atoms with van der Waals surface area (Å²) in [6.07, 6.45) is 6.44. The monoisotopic (exact) mass is 195 g/mol. The molecule has 1 aromatic rings. The van der Waals surface area contributed by atoms with E-state index in [-0.39, 0.29) is 11.9 Å². The van der Waals surface area contributed by atoms with Gasteiger partial charge in [0.2, 0.25) is 0 Å². The molecule has 14 heavy (non-hydrogen) atoms. The lowest BCUT2D eigenvalue weighted by molar-refractivity contribution is 0.404. The maximum absolute atomic E-state index is 9.12. The fourth-order valence-corrected chi connectivity index (χ4v) is 2.02. The van der Waals surface area contributed by atoms with E-state index in [9.17, 15) is 0 Å². The van der Waals surface area contributed by atoms with Crippen molar-refractivity contribution < 1.29 is 5.11 Å². The van der Waals surface area contributed by atoms with E-state index in [0.717, 1.165) is 18.5 Å². The highest BCUT2D eigenvalue weighted by Crippen LogP contribution is 2.22. The Hall–Kier alpha value is -1.16. The zero-order chi connectivity index (χ0) is 9.97. The van der Waals surface area contributed by atoms with Gasteiger partial charge in [0.1, 0.15) is 0 Å². The Morgan fingerprint density at radius 2 is 2.21 bits per heavy atom. The van der Waals surface area contributed by atoms with E-state index < -0.39 is 0 Å². The third-order valence-electron chi connectivity index (χ3n) is 2.84. The molecule has 4 heteroatoms. The molecular formula is C10H17N3O. The number of hydrogen-bond acceptors (Lipinski definition) is 3. The molecule has 0 amide bonds. The minimum Gasteiger partial charge on any atom is -0.495 e. The molecule has 0 radical (unpaired) electrons. The fraction of sp³-hybridized carbons (Fsp3) is 0.600. The van der Waals surface area contributed by atoms with Crippen molar-refractivity contribution in [2.45, 2.75) is 37.8 Å². The lowest BCUT2D eigenvalue weighted by atomic mass is 9.91. The summed E-state index contributed by atoms with van der Waals surface area (Å²) in [4.78, 5) is 2.73. The molecule has 0 aliphatic heterocycles. The van der Waals surface area contributed by atoms with Gasteiger partial charge in [0.15, 0.2) is 5.88 Å². The van der Waals surface area contributed by atoms with Gasteiger partial charge in [-0.15, -0.1) is 0 Å². The van der Waals surface area contributed by atoms with E-state index in [4.69, 9.17) is 10.8 Å². The Labute approximate surface area is 83.5 Å². The second-order valence-corrected chi connectivity index (χ2v) is 3.97. The van der Waals surface area contributed by atoms with Gasteiger partial charge < -0.3 is 21.1 Å². The van der Waals surface area contributed by atoms with Gasteiger partial charge in [-0.25, -0.2) is 0 Å². The van der Waals surface area contributed by atoms with Crippen LogP contribution in [0.3, 0.4) is 0 Å². The van der Waals surface area contributed by atoms with Gasteiger partial charge in [0.25, 0.3) is 0 Å². The number of hydrogen-bond donors (Lipinski definition) is 4. The number of aromatic amines is 1. The van der Waals surface area contributed by atoms with Gasteiger partial charge in [-0.1, -0.05) is 12.8 Å². The number of aromatic hydroxyl groups is 1. The molecule has 0 bridgehead atoms. The lowest BCUT2D eigenvalue weighted by Crippen LogP contribution is -2.42.